The summed E-state index contributed by atoms with van der Waals surface area (Å²) in [5, 5.41) is 3.00. The average Bonchev–Trinajstić information content (AvgIpc) is 2.71. The first kappa shape index (κ1) is 13.6. The monoisotopic (exact) mass is 310 g/mol. The van der Waals surface area contributed by atoms with Crippen LogP contribution < -0.4 is 11.1 Å². The summed E-state index contributed by atoms with van der Waals surface area (Å²) in [6.45, 7) is 3.98. The number of rotatable bonds is 2. The van der Waals surface area contributed by atoms with E-state index in [0.29, 0.717) is 0 Å². The van der Waals surface area contributed by atoms with Gasteiger partial charge in [0.05, 0.1) is 5.54 Å². The van der Waals surface area contributed by atoms with Gasteiger partial charge in [0.2, 0.25) is 5.91 Å². The van der Waals surface area contributed by atoms with E-state index >= 15 is 0 Å². The topological polar surface area (TPSA) is 55.1 Å². The molecule has 3 nitrogen and oxygen atoms in total. The van der Waals surface area contributed by atoms with Gasteiger partial charge < -0.3 is 11.1 Å². The van der Waals surface area contributed by atoms with Crippen molar-refractivity contribution in [1.82, 2.24) is 0 Å². The number of carbonyl (C=O) groups is 1. The normalized spacial score (nSPS) is 17.8. The minimum atomic E-state index is -0.675. The van der Waals surface area contributed by atoms with E-state index in [2.05, 4.69) is 21.2 Å². The minimum absolute atomic E-state index is 0.0477. The molecule has 0 bridgehead atoms. The van der Waals surface area contributed by atoms with Crippen LogP contribution in [0.1, 0.15) is 36.8 Å². The highest BCUT2D eigenvalue weighted by atomic mass is 79.9. The highest BCUT2D eigenvalue weighted by molar-refractivity contribution is 9.10. The van der Waals surface area contributed by atoms with E-state index in [1.54, 1.807) is 0 Å². The Hall–Kier alpha value is -0.870. The number of nitrogens with one attached hydrogen (secondary N) is 1. The summed E-state index contributed by atoms with van der Waals surface area (Å²) in [6, 6.07) is 4.00. The van der Waals surface area contributed by atoms with Crippen LogP contribution in [0, 0.1) is 13.8 Å². The third-order valence-electron chi connectivity index (χ3n) is 3.68. The Bertz CT molecular complexity index is 456. The second-order valence-electron chi connectivity index (χ2n) is 5.23. The second-order valence-corrected chi connectivity index (χ2v) is 6.15. The fourth-order valence-electron chi connectivity index (χ4n) is 2.58. The molecule has 98 valence electrons. The van der Waals surface area contributed by atoms with Crippen molar-refractivity contribution in [2.45, 2.75) is 45.1 Å². The summed E-state index contributed by atoms with van der Waals surface area (Å²) in [5.41, 5.74) is 8.48. The van der Waals surface area contributed by atoms with Crippen molar-refractivity contribution >= 4 is 27.5 Å². The summed E-state index contributed by atoms with van der Waals surface area (Å²) >= 11 is 3.45. The minimum Gasteiger partial charge on any atom is -0.324 e. The maximum atomic E-state index is 12.3. The smallest absolute Gasteiger partial charge is 0.244 e. The van der Waals surface area contributed by atoms with Crippen LogP contribution in [0.15, 0.2) is 16.6 Å². The largest absolute Gasteiger partial charge is 0.324 e. The van der Waals surface area contributed by atoms with Crippen molar-refractivity contribution in [3.8, 4) is 0 Å². The molecule has 1 aromatic rings. The summed E-state index contributed by atoms with van der Waals surface area (Å²) in [6.07, 6.45) is 3.66. The number of nitrogens with two attached hydrogens (primary N) is 1. The van der Waals surface area contributed by atoms with Crippen LogP contribution >= 0.6 is 15.9 Å². The predicted molar refractivity (Wildman–Crippen MR) is 77.6 cm³/mol. The molecule has 0 aliphatic heterocycles. The molecule has 1 aromatic carbocycles. The van der Waals surface area contributed by atoms with Crippen LogP contribution in [0.5, 0.6) is 0 Å². The first-order chi connectivity index (χ1) is 8.42. The van der Waals surface area contributed by atoms with E-state index in [-0.39, 0.29) is 5.91 Å². The first-order valence-electron chi connectivity index (χ1n) is 6.29. The standard InChI is InChI=1S/C14H19BrN2O/c1-9-7-11(15)8-10(2)12(9)17-13(18)14(16)5-3-4-6-14/h7-8H,3-6,16H2,1-2H3,(H,17,18). The van der Waals surface area contributed by atoms with Gasteiger partial charge >= 0.3 is 0 Å². The molecule has 1 amide bonds. The maximum absolute atomic E-state index is 12.3. The Morgan fingerprint density at radius 3 is 2.28 bits per heavy atom. The zero-order chi connectivity index (χ0) is 13.3. The number of carbonyl (C=O) groups excluding carboxylic acids is 1. The van der Waals surface area contributed by atoms with Crippen LogP contribution in [0.25, 0.3) is 0 Å². The van der Waals surface area contributed by atoms with Gasteiger partial charge in [0.1, 0.15) is 0 Å². The van der Waals surface area contributed by atoms with Gasteiger partial charge in [0.25, 0.3) is 0 Å². The van der Waals surface area contributed by atoms with Crippen LogP contribution in [-0.2, 0) is 4.79 Å². The molecule has 0 heterocycles. The molecule has 3 N–H and O–H groups in total. The van der Waals surface area contributed by atoms with Crippen molar-refractivity contribution in [1.29, 1.82) is 0 Å². The lowest BCUT2D eigenvalue weighted by molar-refractivity contribution is -0.121. The second kappa shape index (κ2) is 5.02. The Morgan fingerprint density at radius 1 is 1.28 bits per heavy atom. The van der Waals surface area contributed by atoms with Gasteiger partial charge in [0, 0.05) is 10.2 Å². The fraction of sp³-hybridized carbons (Fsp3) is 0.500. The summed E-state index contributed by atoms with van der Waals surface area (Å²) < 4.78 is 1.03. The number of halogens is 1. The number of amides is 1. The van der Waals surface area contributed by atoms with E-state index in [0.717, 1.165) is 47.0 Å². The molecular weight excluding hydrogens is 292 g/mol. The van der Waals surface area contributed by atoms with Crippen molar-refractivity contribution in [2.75, 3.05) is 5.32 Å². The Balaban J connectivity index is 2.22. The van der Waals surface area contributed by atoms with Gasteiger partial charge in [0.15, 0.2) is 0 Å². The van der Waals surface area contributed by atoms with Crippen LogP contribution in [-0.4, -0.2) is 11.4 Å². The molecular formula is C14H19BrN2O. The summed E-state index contributed by atoms with van der Waals surface area (Å²) in [5.74, 6) is -0.0477. The fourth-order valence-corrected chi connectivity index (χ4v) is 3.27. The number of hydrogen-bond donors (Lipinski definition) is 2. The molecule has 0 atom stereocenters. The van der Waals surface area contributed by atoms with E-state index in [1.807, 2.05) is 26.0 Å². The van der Waals surface area contributed by atoms with Crippen molar-refractivity contribution in [3.05, 3.63) is 27.7 Å². The van der Waals surface area contributed by atoms with Crippen molar-refractivity contribution in [2.24, 2.45) is 5.73 Å². The Morgan fingerprint density at radius 2 is 1.78 bits per heavy atom. The maximum Gasteiger partial charge on any atom is 0.244 e. The van der Waals surface area contributed by atoms with Crippen molar-refractivity contribution < 1.29 is 4.79 Å². The summed E-state index contributed by atoms with van der Waals surface area (Å²) in [4.78, 5) is 12.3. The average molecular weight is 311 g/mol. The number of aryl methyl sites for hydroxylation is 2. The zero-order valence-electron chi connectivity index (χ0n) is 10.8. The molecule has 1 fully saturated rings. The van der Waals surface area contributed by atoms with Crippen LogP contribution in [0.3, 0.4) is 0 Å². The van der Waals surface area contributed by atoms with Gasteiger partial charge in [-0.15, -0.1) is 0 Å². The number of hydrogen-bond acceptors (Lipinski definition) is 2. The van der Waals surface area contributed by atoms with E-state index in [4.69, 9.17) is 5.73 Å². The lowest BCUT2D eigenvalue weighted by atomic mass is 9.97. The van der Waals surface area contributed by atoms with Crippen LogP contribution in [0.2, 0.25) is 0 Å². The lowest BCUT2D eigenvalue weighted by Gasteiger charge is -2.23. The number of anilines is 1. The highest BCUT2D eigenvalue weighted by Gasteiger charge is 2.37. The number of benzene rings is 1. The molecule has 2 rings (SSSR count). The molecule has 0 radical (unpaired) electrons. The van der Waals surface area contributed by atoms with Gasteiger partial charge in [-0.3, -0.25) is 4.79 Å². The lowest BCUT2D eigenvalue weighted by Crippen LogP contribution is -2.48. The van der Waals surface area contributed by atoms with E-state index < -0.39 is 5.54 Å². The first-order valence-corrected chi connectivity index (χ1v) is 7.09. The molecule has 1 saturated carbocycles. The molecule has 0 aromatic heterocycles. The van der Waals surface area contributed by atoms with Gasteiger partial charge in [-0.25, -0.2) is 0 Å². The molecule has 1 aliphatic rings. The van der Waals surface area contributed by atoms with Gasteiger partial charge in [-0.2, -0.15) is 0 Å². The third kappa shape index (κ3) is 2.59. The molecule has 18 heavy (non-hydrogen) atoms. The van der Waals surface area contributed by atoms with Gasteiger partial charge in [-0.1, -0.05) is 28.8 Å². The van der Waals surface area contributed by atoms with Gasteiger partial charge in [-0.05, 0) is 49.9 Å². The van der Waals surface area contributed by atoms with Crippen LogP contribution in [0.4, 0.5) is 5.69 Å². The summed E-state index contributed by atoms with van der Waals surface area (Å²) in [7, 11) is 0. The molecule has 1 aliphatic carbocycles. The highest BCUT2D eigenvalue weighted by Crippen LogP contribution is 2.30. The zero-order valence-corrected chi connectivity index (χ0v) is 12.4. The van der Waals surface area contributed by atoms with E-state index in [1.165, 1.54) is 0 Å². The van der Waals surface area contributed by atoms with E-state index in [9.17, 15) is 4.79 Å². The Kier molecular flexibility index (Phi) is 3.78. The molecule has 4 heteroatoms. The SMILES string of the molecule is Cc1cc(Br)cc(C)c1NC(=O)C1(N)CCCC1. The molecule has 0 spiro atoms. The quantitative estimate of drug-likeness (QED) is 0.880. The molecule has 0 unspecified atom stereocenters. The third-order valence-corrected chi connectivity index (χ3v) is 4.14. The molecule has 0 saturated heterocycles. The predicted octanol–water partition coefficient (Wildman–Crippen LogP) is 3.28. The van der Waals surface area contributed by atoms with Crippen molar-refractivity contribution in [3.63, 3.8) is 0 Å². The Labute approximate surface area is 116 Å².